The molecule has 2 aromatic carbocycles. The van der Waals surface area contributed by atoms with Crippen molar-refractivity contribution in [2.24, 2.45) is 0 Å². The summed E-state index contributed by atoms with van der Waals surface area (Å²) in [6.45, 7) is 4.56. The van der Waals surface area contributed by atoms with Crippen LogP contribution in [-0.4, -0.2) is 25.7 Å². The van der Waals surface area contributed by atoms with Gasteiger partial charge in [0.15, 0.2) is 0 Å². The van der Waals surface area contributed by atoms with Crippen molar-refractivity contribution in [3.05, 3.63) is 65.7 Å². The second-order valence-corrected chi connectivity index (χ2v) is 5.72. The maximum atomic E-state index is 12.7. The maximum absolute atomic E-state index is 12.7. The molecule has 0 aliphatic rings. The van der Waals surface area contributed by atoms with Gasteiger partial charge in [-0.25, -0.2) is 0 Å². The summed E-state index contributed by atoms with van der Waals surface area (Å²) in [5.74, 6) is -0.0805. The smallest absolute Gasteiger partial charge is 0.246 e. The second-order valence-electron chi connectivity index (χ2n) is 5.72. The summed E-state index contributed by atoms with van der Waals surface area (Å²) in [6, 6.07) is 17.1. The molecule has 2 aromatic rings. The fraction of sp³-hybridized carbons (Fsp3) is 0.316. The fourth-order valence-electron chi connectivity index (χ4n) is 2.40. The summed E-state index contributed by atoms with van der Waals surface area (Å²) in [6.07, 6.45) is 0. The number of aryl methyl sites for hydroxylation is 1. The standard InChI is InChI=1S/C19H24N2O2/c1-14-9-11-17(12-10-14)21-19(22)18(20-15(2)13-23-3)16-7-5-4-6-8-16/h4-12,15,18,20H,13H2,1-3H3,(H,21,22)/t15-,18-/m1/s1. The molecule has 23 heavy (non-hydrogen) atoms. The Morgan fingerprint density at radius 2 is 1.74 bits per heavy atom. The van der Waals surface area contributed by atoms with E-state index >= 15 is 0 Å². The van der Waals surface area contributed by atoms with Crippen LogP contribution in [0.3, 0.4) is 0 Å². The Morgan fingerprint density at radius 3 is 2.35 bits per heavy atom. The number of hydrogen-bond acceptors (Lipinski definition) is 3. The predicted molar refractivity (Wildman–Crippen MR) is 93.5 cm³/mol. The molecule has 0 heterocycles. The van der Waals surface area contributed by atoms with Crippen LogP contribution in [0, 0.1) is 6.92 Å². The third kappa shape index (κ3) is 5.20. The average molecular weight is 312 g/mol. The highest BCUT2D eigenvalue weighted by Gasteiger charge is 2.22. The molecular weight excluding hydrogens is 288 g/mol. The van der Waals surface area contributed by atoms with E-state index in [-0.39, 0.29) is 11.9 Å². The average Bonchev–Trinajstić information content (AvgIpc) is 2.56. The first-order valence-corrected chi connectivity index (χ1v) is 7.77. The van der Waals surface area contributed by atoms with Gasteiger partial charge in [-0.1, -0.05) is 48.0 Å². The van der Waals surface area contributed by atoms with Crippen LogP contribution in [0.5, 0.6) is 0 Å². The van der Waals surface area contributed by atoms with E-state index in [1.807, 2.05) is 68.4 Å². The van der Waals surface area contributed by atoms with Gasteiger partial charge in [0.05, 0.1) is 6.61 Å². The summed E-state index contributed by atoms with van der Waals surface area (Å²) in [7, 11) is 1.65. The minimum atomic E-state index is -0.428. The van der Waals surface area contributed by atoms with Crippen LogP contribution in [0.1, 0.15) is 24.1 Å². The minimum absolute atomic E-state index is 0.0639. The number of methoxy groups -OCH3 is 1. The summed E-state index contributed by atoms with van der Waals surface area (Å²) >= 11 is 0. The molecule has 0 fully saturated rings. The monoisotopic (exact) mass is 312 g/mol. The molecule has 4 nitrogen and oxygen atoms in total. The van der Waals surface area contributed by atoms with Gasteiger partial charge in [0.2, 0.25) is 5.91 Å². The van der Waals surface area contributed by atoms with E-state index < -0.39 is 6.04 Å². The van der Waals surface area contributed by atoms with Gasteiger partial charge in [0, 0.05) is 18.8 Å². The largest absolute Gasteiger partial charge is 0.383 e. The summed E-state index contributed by atoms with van der Waals surface area (Å²) in [5, 5.41) is 6.30. The molecule has 2 N–H and O–H groups in total. The quantitative estimate of drug-likeness (QED) is 0.825. The molecule has 0 aliphatic carbocycles. The molecule has 2 rings (SSSR count). The Bertz CT molecular complexity index is 611. The van der Waals surface area contributed by atoms with Gasteiger partial charge in [-0.2, -0.15) is 0 Å². The van der Waals surface area contributed by atoms with Crippen LogP contribution >= 0.6 is 0 Å². The first-order valence-electron chi connectivity index (χ1n) is 7.77. The Labute approximate surface area is 137 Å². The first kappa shape index (κ1) is 17.2. The number of ether oxygens (including phenoxy) is 1. The molecule has 0 unspecified atom stereocenters. The Hall–Kier alpha value is -2.17. The molecule has 4 heteroatoms. The highest BCUT2D eigenvalue weighted by molar-refractivity contribution is 5.95. The van der Waals surface area contributed by atoms with Crippen LogP contribution < -0.4 is 10.6 Å². The summed E-state index contributed by atoms with van der Waals surface area (Å²) in [4.78, 5) is 12.7. The van der Waals surface area contributed by atoms with Gasteiger partial charge in [-0.3, -0.25) is 10.1 Å². The van der Waals surface area contributed by atoms with Gasteiger partial charge in [-0.05, 0) is 31.5 Å². The number of carbonyl (C=O) groups is 1. The first-order chi connectivity index (χ1) is 11.1. The molecule has 2 atom stereocenters. The molecule has 0 saturated heterocycles. The Kier molecular flexibility index (Phi) is 6.32. The zero-order chi connectivity index (χ0) is 16.7. The van der Waals surface area contributed by atoms with Crippen molar-refractivity contribution in [1.29, 1.82) is 0 Å². The SMILES string of the molecule is COC[C@@H](C)N[C@@H](C(=O)Nc1ccc(C)cc1)c1ccccc1. The number of benzene rings is 2. The molecule has 0 saturated carbocycles. The van der Waals surface area contributed by atoms with Crippen molar-refractivity contribution < 1.29 is 9.53 Å². The van der Waals surface area contributed by atoms with Crippen LogP contribution in [0.25, 0.3) is 0 Å². The van der Waals surface area contributed by atoms with Crippen molar-refractivity contribution in [3.8, 4) is 0 Å². The molecule has 122 valence electrons. The molecule has 0 spiro atoms. The van der Waals surface area contributed by atoms with E-state index in [9.17, 15) is 4.79 Å². The number of carbonyl (C=O) groups excluding carboxylic acids is 1. The van der Waals surface area contributed by atoms with E-state index in [1.54, 1.807) is 7.11 Å². The third-order valence-electron chi connectivity index (χ3n) is 3.58. The lowest BCUT2D eigenvalue weighted by Gasteiger charge is -2.23. The highest BCUT2D eigenvalue weighted by atomic mass is 16.5. The lowest BCUT2D eigenvalue weighted by Crippen LogP contribution is -2.40. The van der Waals surface area contributed by atoms with Crippen LogP contribution in [0.2, 0.25) is 0 Å². The van der Waals surface area contributed by atoms with Crippen molar-refractivity contribution in [3.63, 3.8) is 0 Å². The topological polar surface area (TPSA) is 50.4 Å². The zero-order valence-electron chi connectivity index (χ0n) is 13.9. The van der Waals surface area contributed by atoms with Gasteiger partial charge < -0.3 is 10.1 Å². The number of nitrogens with one attached hydrogen (secondary N) is 2. The van der Waals surface area contributed by atoms with Gasteiger partial charge in [0.25, 0.3) is 0 Å². The van der Waals surface area contributed by atoms with E-state index in [0.717, 1.165) is 16.8 Å². The number of rotatable bonds is 7. The minimum Gasteiger partial charge on any atom is -0.383 e. The molecule has 0 bridgehead atoms. The lowest BCUT2D eigenvalue weighted by molar-refractivity contribution is -0.118. The molecule has 0 aliphatic heterocycles. The highest BCUT2D eigenvalue weighted by Crippen LogP contribution is 2.17. The van der Waals surface area contributed by atoms with Crippen LogP contribution in [0.4, 0.5) is 5.69 Å². The summed E-state index contributed by atoms with van der Waals surface area (Å²) in [5.41, 5.74) is 2.89. The van der Waals surface area contributed by atoms with E-state index in [1.165, 1.54) is 0 Å². The number of amides is 1. The molecular formula is C19H24N2O2. The van der Waals surface area contributed by atoms with E-state index in [2.05, 4.69) is 10.6 Å². The lowest BCUT2D eigenvalue weighted by atomic mass is 10.0. The van der Waals surface area contributed by atoms with Crippen molar-refractivity contribution in [2.45, 2.75) is 25.9 Å². The van der Waals surface area contributed by atoms with Gasteiger partial charge >= 0.3 is 0 Å². The van der Waals surface area contributed by atoms with Crippen LogP contribution in [0.15, 0.2) is 54.6 Å². The Morgan fingerprint density at radius 1 is 1.09 bits per heavy atom. The van der Waals surface area contributed by atoms with Crippen molar-refractivity contribution >= 4 is 11.6 Å². The van der Waals surface area contributed by atoms with Gasteiger partial charge in [0.1, 0.15) is 6.04 Å². The predicted octanol–water partition coefficient (Wildman–Crippen LogP) is 3.30. The van der Waals surface area contributed by atoms with Crippen molar-refractivity contribution in [1.82, 2.24) is 5.32 Å². The summed E-state index contributed by atoms with van der Waals surface area (Å²) < 4.78 is 5.16. The van der Waals surface area contributed by atoms with Crippen LogP contribution in [-0.2, 0) is 9.53 Å². The third-order valence-corrected chi connectivity index (χ3v) is 3.58. The zero-order valence-corrected chi connectivity index (χ0v) is 13.9. The van der Waals surface area contributed by atoms with Crippen molar-refractivity contribution in [2.75, 3.05) is 19.0 Å². The van der Waals surface area contributed by atoms with Gasteiger partial charge in [-0.15, -0.1) is 0 Å². The maximum Gasteiger partial charge on any atom is 0.246 e. The number of anilines is 1. The molecule has 1 amide bonds. The molecule has 0 radical (unpaired) electrons. The second kappa shape index (κ2) is 8.46. The number of hydrogen-bond donors (Lipinski definition) is 2. The fourth-order valence-corrected chi connectivity index (χ4v) is 2.40. The molecule has 0 aromatic heterocycles. The Balaban J connectivity index is 2.15. The van der Waals surface area contributed by atoms with E-state index in [4.69, 9.17) is 4.74 Å². The van der Waals surface area contributed by atoms with E-state index in [0.29, 0.717) is 6.61 Å². The normalized spacial score (nSPS) is 13.3.